The number of pyridine rings is 1. The molecule has 0 spiro atoms. The van der Waals surface area contributed by atoms with E-state index in [2.05, 4.69) is 10.1 Å². The molecule has 0 unspecified atom stereocenters. The largest absolute Gasteiger partial charge is 0.378 e. The molecule has 0 saturated carbocycles. The van der Waals surface area contributed by atoms with Crippen LogP contribution in [0.4, 0.5) is 0 Å². The second kappa shape index (κ2) is 2.78. The summed E-state index contributed by atoms with van der Waals surface area (Å²) in [4.78, 5) is 23.9. The lowest BCUT2D eigenvalue weighted by molar-refractivity contribution is 0.425. The van der Waals surface area contributed by atoms with E-state index in [4.69, 9.17) is 4.52 Å². The molecule has 0 aliphatic rings. The van der Waals surface area contributed by atoms with Crippen LogP contribution >= 0.6 is 0 Å². The zero-order valence-corrected chi connectivity index (χ0v) is 6.53. The lowest BCUT2D eigenvalue weighted by Crippen LogP contribution is -2.01. The Morgan fingerprint density at radius 1 is 1.15 bits per heavy atom. The third-order valence-corrected chi connectivity index (χ3v) is 1.59. The molecule has 5 heteroatoms. The molecule has 2 heterocycles. The van der Waals surface area contributed by atoms with Crippen molar-refractivity contribution in [2.24, 2.45) is 0 Å². The fraction of sp³-hybridized carbons (Fsp3) is 0. The van der Waals surface area contributed by atoms with Gasteiger partial charge in [0.25, 0.3) is 5.56 Å². The summed E-state index contributed by atoms with van der Waals surface area (Å²) in [7, 11) is 0. The molecule has 2 rings (SSSR count). The van der Waals surface area contributed by atoms with E-state index in [1.54, 1.807) is 6.07 Å². The molecule has 0 saturated heterocycles. The molecule has 0 aliphatic heterocycles. The number of H-pyrrole nitrogens is 2. The van der Waals surface area contributed by atoms with Crippen molar-refractivity contribution in [1.82, 2.24) is 10.1 Å². The Bertz CT molecular complexity index is 500. The van der Waals surface area contributed by atoms with Gasteiger partial charge in [-0.3, -0.25) is 9.59 Å². The number of aromatic nitrogens is 2. The summed E-state index contributed by atoms with van der Waals surface area (Å²) < 4.78 is 4.83. The summed E-state index contributed by atoms with van der Waals surface area (Å²) >= 11 is 0. The zero-order valence-electron chi connectivity index (χ0n) is 6.53. The maximum absolute atomic E-state index is 10.7. The molecule has 2 aromatic heterocycles. The number of aromatic amines is 2. The molecule has 13 heavy (non-hydrogen) atoms. The first-order valence-electron chi connectivity index (χ1n) is 3.63. The van der Waals surface area contributed by atoms with Crippen molar-refractivity contribution in [3.05, 3.63) is 45.1 Å². The molecule has 2 aromatic rings. The third-order valence-electron chi connectivity index (χ3n) is 1.59. The summed E-state index contributed by atoms with van der Waals surface area (Å²) in [5, 5.41) is 2.16. The SMILES string of the molecule is O=c1ccc(-c2cc(=O)[nH]o2)c[nH]1. The van der Waals surface area contributed by atoms with Gasteiger partial charge in [-0.15, -0.1) is 0 Å². The Labute approximate surface area is 72.0 Å². The van der Waals surface area contributed by atoms with Gasteiger partial charge in [0.15, 0.2) is 5.76 Å². The van der Waals surface area contributed by atoms with Crippen molar-refractivity contribution in [1.29, 1.82) is 0 Å². The van der Waals surface area contributed by atoms with Crippen molar-refractivity contribution < 1.29 is 4.52 Å². The molecule has 5 nitrogen and oxygen atoms in total. The first kappa shape index (κ1) is 7.60. The quantitative estimate of drug-likeness (QED) is 0.660. The summed E-state index contributed by atoms with van der Waals surface area (Å²) in [5.41, 5.74) is 0.154. The van der Waals surface area contributed by atoms with E-state index in [-0.39, 0.29) is 11.1 Å². The van der Waals surface area contributed by atoms with E-state index >= 15 is 0 Å². The average molecular weight is 178 g/mol. The summed E-state index contributed by atoms with van der Waals surface area (Å²) in [6.45, 7) is 0. The van der Waals surface area contributed by atoms with Crippen LogP contribution in [0.5, 0.6) is 0 Å². The fourth-order valence-electron chi connectivity index (χ4n) is 0.989. The van der Waals surface area contributed by atoms with Crippen LogP contribution in [0.2, 0.25) is 0 Å². The first-order valence-corrected chi connectivity index (χ1v) is 3.63. The highest BCUT2D eigenvalue weighted by Gasteiger charge is 2.02. The Morgan fingerprint density at radius 2 is 2.00 bits per heavy atom. The second-order valence-electron chi connectivity index (χ2n) is 2.52. The molecule has 0 amide bonds. The minimum absolute atomic E-state index is 0.193. The summed E-state index contributed by atoms with van der Waals surface area (Å²) in [5.74, 6) is 0.404. The van der Waals surface area contributed by atoms with Crippen LogP contribution in [-0.2, 0) is 0 Å². The van der Waals surface area contributed by atoms with E-state index < -0.39 is 0 Å². The lowest BCUT2D eigenvalue weighted by Gasteiger charge is -1.91. The summed E-state index contributed by atoms with van der Waals surface area (Å²) in [6.07, 6.45) is 1.48. The second-order valence-corrected chi connectivity index (χ2v) is 2.52. The van der Waals surface area contributed by atoms with Crippen molar-refractivity contribution in [3.63, 3.8) is 0 Å². The number of hydrogen-bond acceptors (Lipinski definition) is 3. The maximum atomic E-state index is 10.7. The van der Waals surface area contributed by atoms with Crippen molar-refractivity contribution in [3.8, 4) is 11.3 Å². The average Bonchev–Trinajstić information content (AvgIpc) is 2.53. The zero-order chi connectivity index (χ0) is 9.26. The minimum atomic E-state index is -0.304. The van der Waals surface area contributed by atoms with Crippen LogP contribution in [0.3, 0.4) is 0 Å². The van der Waals surface area contributed by atoms with Crippen molar-refractivity contribution in [2.75, 3.05) is 0 Å². The molecule has 0 atom stereocenters. The molecular weight excluding hydrogens is 172 g/mol. The molecule has 0 fully saturated rings. The van der Waals surface area contributed by atoms with E-state index in [1.807, 2.05) is 0 Å². The van der Waals surface area contributed by atoms with Gasteiger partial charge in [-0.2, -0.15) is 5.16 Å². The Hall–Kier alpha value is -2.04. The number of rotatable bonds is 1. The molecular formula is C8H6N2O3. The highest BCUT2D eigenvalue weighted by Crippen LogP contribution is 2.13. The van der Waals surface area contributed by atoms with Gasteiger partial charge in [0.1, 0.15) is 0 Å². The summed E-state index contributed by atoms with van der Waals surface area (Å²) in [6, 6.07) is 4.25. The number of hydrogen-bond donors (Lipinski definition) is 2. The number of nitrogens with one attached hydrogen (secondary N) is 2. The Kier molecular flexibility index (Phi) is 1.63. The molecule has 0 aliphatic carbocycles. The Balaban J connectivity index is 2.53. The lowest BCUT2D eigenvalue weighted by atomic mass is 10.2. The van der Waals surface area contributed by atoms with Crippen LogP contribution in [-0.4, -0.2) is 10.1 Å². The molecule has 0 aromatic carbocycles. The molecule has 66 valence electrons. The highest BCUT2D eigenvalue weighted by molar-refractivity contribution is 5.54. The van der Waals surface area contributed by atoms with Crippen LogP contribution in [0, 0.1) is 0 Å². The monoisotopic (exact) mass is 178 g/mol. The van der Waals surface area contributed by atoms with E-state index in [0.717, 1.165) is 0 Å². The standard InChI is InChI=1S/C8H6N2O3/c11-7-2-1-5(4-9-7)6-3-8(12)10-13-6/h1-4H,(H,9,11)(H,10,12). The topological polar surface area (TPSA) is 78.9 Å². The van der Waals surface area contributed by atoms with Gasteiger partial charge in [-0.1, -0.05) is 0 Å². The van der Waals surface area contributed by atoms with Crippen LogP contribution in [0.25, 0.3) is 11.3 Å². The van der Waals surface area contributed by atoms with Gasteiger partial charge in [-0.05, 0) is 6.07 Å². The first-order chi connectivity index (χ1) is 6.25. The third kappa shape index (κ3) is 1.44. The Morgan fingerprint density at radius 3 is 2.54 bits per heavy atom. The van der Waals surface area contributed by atoms with Gasteiger partial charge in [-0.25, -0.2) is 0 Å². The van der Waals surface area contributed by atoms with E-state index in [1.165, 1.54) is 18.3 Å². The van der Waals surface area contributed by atoms with E-state index in [9.17, 15) is 9.59 Å². The van der Waals surface area contributed by atoms with Crippen LogP contribution < -0.4 is 11.1 Å². The highest BCUT2D eigenvalue weighted by atomic mass is 16.5. The van der Waals surface area contributed by atoms with Gasteiger partial charge < -0.3 is 9.51 Å². The van der Waals surface area contributed by atoms with Gasteiger partial charge in [0.05, 0.1) is 6.07 Å². The molecule has 2 N–H and O–H groups in total. The van der Waals surface area contributed by atoms with Crippen LogP contribution in [0.1, 0.15) is 0 Å². The van der Waals surface area contributed by atoms with Gasteiger partial charge in [0, 0.05) is 17.8 Å². The van der Waals surface area contributed by atoms with Gasteiger partial charge >= 0.3 is 0 Å². The molecule has 0 bridgehead atoms. The maximum Gasteiger partial charge on any atom is 0.280 e. The predicted molar refractivity (Wildman–Crippen MR) is 45.4 cm³/mol. The van der Waals surface area contributed by atoms with Crippen molar-refractivity contribution in [2.45, 2.75) is 0 Å². The molecule has 0 radical (unpaired) electrons. The smallest absolute Gasteiger partial charge is 0.280 e. The van der Waals surface area contributed by atoms with Gasteiger partial charge in [0.2, 0.25) is 5.56 Å². The predicted octanol–water partition coefficient (Wildman–Crippen LogP) is 0.323. The fourth-order valence-corrected chi connectivity index (χ4v) is 0.989. The normalized spacial score (nSPS) is 10.2. The van der Waals surface area contributed by atoms with E-state index in [0.29, 0.717) is 11.3 Å². The van der Waals surface area contributed by atoms with Crippen molar-refractivity contribution >= 4 is 0 Å². The minimum Gasteiger partial charge on any atom is -0.378 e. The van der Waals surface area contributed by atoms with Crippen LogP contribution in [0.15, 0.2) is 38.5 Å².